The molecule has 0 N–H and O–H groups in total. The van der Waals surface area contributed by atoms with Crippen molar-refractivity contribution in [2.45, 2.75) is 19.8 Å². The summed E-state index contributed by atoms with van der Waals surface area (Å²) in [6.45, 7) is 4.22. The maximum absolute atomic E-state index is 9.05. The average molecular weight is 215 g/mol. The Morgan fingerprint density at radius 3 is 2.56 bits per heavy atom. The van der Waals surface area contributed by atoms with Gasteiger partial charge < -0.3 is 4.90 Å². The normalized spacial score (nSPS) is 10.8. The Hall–Kier alpha value is -1.82. The standard InChI is InChI=1S/C13H17N3/c1-10(2)11-5-6-13(12(7-11)8-14)15-9-16(3)4/h5-7,9-10H,1-4H3/b15-9+. The van der Waals surface area contributed by atoms with Crippen LogP contribution in [-0.2, 0) is 0 Å². The van der Waals surface area contributed by atoms with Gasteiger partial charge in [0.15, 0.2) is 0 Å². The van der Waals surface area contributed by atoms with Crippen molar-refractivity contribution < 1.29 is 0 Å². The van der Waals surface area contributed by atoms with Crippen molar-refractivity contribution in [3.05, 3.63) is 29.3 Å². The van der Waals surface area contributed by atoms with Crippen molar-refractivity contribution in [1.82, 2.24) is 4.90 Å². The molecule has 0 aliphatic carbocycles. The fourth-order valence-electron chi connectivity index (χ4n) is 1.29. The molecule has 0 heterocycles. The summed E-state index contributed by atoms with van der Waals surface area (Å²) in [5, 5.41) is 9.05. The van der Waals surface area contributed by atoms with Crippen LogP contribution < -0.4 is 0 Å². The quantitative estimate of drug-likeness (QED) is 0.574. The van der Waals surface area contributed by atoms with Crippen molar-refractivity contribution in [3.63, 3.8) is 0 Å². The number of benzene rings is 1. The zero-order valence-electron chi connectivity index (χ0n) is 10.2. The van der Waals surface area contributed by atoms with E-state index >= 15 is 0 Å². The highest BCUT2D eigenvalue weighted by Crippen LogP contribution is 2.23. The summed E-state index contributed by atoms with van der Waals surface area (Å²) >= 11 is 0. The predicted molar refractivity (Wildman–Crippen MR) is 67.1 cm³/mol. The minimum Gasteiger partial charge on any atom is -0.369 e. The van der Waals surface area contributed by atoms with Gasteiger partial charge in [0, 0.05) is 14.1 Å². The van der Waals surface area contributed by atoms with Gasteiger partial charge in [-0.1, -0.05) is 19.9 Å². The van der Waals surface area contributed by atoms with E-state index in [-0.39, 0.29) is 0 Å². The van der Waals surface area contributed by atoms with Crippen LogP contribution in [0.4, 0.5) is 5.69 Å². The fourth-order valence-corrected chi connectivity index (χ4v) is 1.29. The first-order chi connectivity index (χ1) is 7.54. The third-order valence-corrected chi connectivity index (χ3v) is 2.24. The number of nitrogens with zero attached hydrogens (tertiary/aromatic N) is 3. The van der Waals surface area contributed by atoms with Crippen LogP contribution in [0.15, 0.2) is 23.2 Å². The lowest BCUT2D eigenvalue weighted by molar-refractivity contribution is 0.643. The first kappa shape index (κ1) is 12.3. The van der Waals surface area contributed by atoms with Gasteiger partial charge in [-0.05, 0) is 23.6 Å². The Morgan fingerprint density at radius 1 is 1.38 bits per heavy atom. The van der Waals surface area contributed by atoms with E-state index in [9.17, 15) is 0 Å². The first-order valence-corrected chi connectivity index (χ1v) is 5.29. The lowest BCUT2D eigenvalue weighted by Gasteiger charge is -2.07. The van der Waals surface area contributed by atoms with Crippen LogP contribution in [0.5, 0.6) is 0 Å². The summed E-state index contributed by atoms with van der Waals surface area (Å²) in [7, 11) is 3.80. The molecule has 0 amide bonds. The predicted octanol–water partition coefficient (Wildman–Crippen LogP) is 2.90. The number of aliphatic imine (C=N–C) groups is 1. The van der Waals surface area contributed by atoms with E-state index in [2.05, 4.69) is 24.9 Å². The van der Waals surface area contributed by atoms with E-state index in [1.165, 1.54) is 5.56 Å². The maximum atomic E-state index is 9.05. The highest BCUT2D eigenvalue weighted by Gasteiger charge is 2.04. The lowest BCUT2D eigenvalue weighted by atomic mass is 10.0. The van der Waals surface area contributed by atoms with Gasteiger partial charge in [-0.25, -0.2) is 4.99 Å². The van der Waals surface area contributed by atoms with E-state index in [0.29, 0.717) is 11.5 Å². The van der Waals surface area contributed by atoms with E-state index in [4.69, 9.17) is 5.26 Å². The number of rotatable bonds is 3. The van der Waals surface area contributed by atoms with Gasteiger partial charge in [0.25, 0.3) is 0 Å². The molecule has 0 unspecified atom stereocenters. The third-order valence-electron chi connectivity index (χ3n) is 2.24. The van der Waals surface area contributed by atoms with E-state index < -0.39 is 0 Å². The van der Waals surface area contributed by atoms with Gasteiger partial charge in [-0.2, -0.15) is 5.26 Å². The second kappa shape index (κ2) is 5.32. The molecule has 0 saturated heterocycles. The van der Waals surface area contributed by atoms with Gasteiger partial charge >= 0.3 is 0 Å². The highest BCUT2D eigenvalue weighted by atomic mass is 15.1. The van der Waals surface area contributed by atoms with Crippen LogP contribution in [0.3, 0.4) is 0 Å². The Bertz CT molecular complexity index is 425. The van der Waals surface area contributed by atoms with Crippen LogP contribution in [0, 0.1) is 11.3 Å². The van der Waals surface area contributed by atoms with Gasteiger partial charge in [0.2, 0.25) is 0 Å². The molecule has 1 aromatic carbocycles. The van der Waals surface area contributed by atoms with Crippen molar-refractivity contribution in [1.29, 1.82) is 5.26 Å². The monoisotopic (exact) mass is 215 g/mol. The fraction of sp³-hybridized carbons (Fsp3) is 0.385. The zero-order chi connectivity index (χ0) is 12.1. The lowest BCUT2D eigenvalue weighted by Crippen LogP contribution is -2.07. The molecular weight excluding hydrogens is 198 g/mol. The molecule has 0 aromatic heterocycles. The number of hydrogen-bond donors (Lipinski definition) is 0. The average Bonchev–Trinajstić information content (AvgIpc) is 2.25. The summed E-state index contributed by atoms with van der Waals surface area (Å²) in [5.41, 5.74) is 2.52. The number of nitriles is 1. The molecule has 3 nitrogen and oxygen atoms in total. The molecule has 1 aromatic rings. The minimum atomic E-state index is 0.430. The molecular formula is C13H17N3. The van der Waals surface area contributed by atoms with Crippen LogP contribution in [0.25, 0.3) is 0 Å². The molecule has 0 saturated carbocycles. The summed E-state index contributed by atoms with van der Waals surface area (Å²) in [4.78, 5) is 6.10. The molecule has 0 aliphatic heterocycles. The van der Waals surface area contributed by atoms with Crippen LogP contribution in [0.1, 0.15) is 30.9 Å². The minimum absolute atomic E-state index is 0.430. The molecule has 0 bridgehead atoms. The molecule has 3 heteroatoms. The molecule has 0 spiro atoms. The van der Waals surface area contributed by atoms with E-state index in [1.807, 2.05) is 37.2 Å². The van der Waals surface area contributed by atoms with Crippen molar-refractivity contribution >= 4 is 12.0 Å². The second-order valence-corrected chi connectivity index (χ2v) is 4.25. The summed E-state index contributed by atoms with van der Waals surface area (Å²) < 4.78 is 0. The van der Waals surface area contributed by atoms with E-state index in [1.54, 1.807) is 6.34 Å². The highest BCUT2D eigenvalue weighted by molar-refractivity contribution is 5.65. The van der Waals surface area contributed by atoms with Crippen LogP contribution in [0.2, 0.25) is 0 Å². The molecule has 0 radical (unpaired) electrons. The molecule has 84 valence electrons. The van der Waals surface area contributed by atoms with Crippen LogP contribution in [-0.4, -0.2) is 25.3 Å². The largest absolute Gasteiger partial charge is 0.369 e. The Morgan fingerprint density at radius 2 is 2.06 bits per heavy atom. The Kier molecular flexibility index (Phi) is 4.07. The zero-order valence-corrected chi connectivity index (χ0v) is 10.2. The van der Waals surface area contributed by atoms with Crippen LogP contribution >= 0.6 is 0 Å². The van der Waals surface area contributed by atoms with Gasteiger partial charge in [-0.15, -0.1) is 0 Å². The van der Waals surface area contributed by atoms with Gasteiger partial charge in [0.05, 0.1) is 17.6 Å². The summed E-state index contributed by atoms with van der Waals surface area (Å²) in [5.74, 6) is 0.430. The molecule has 1 rings (SSSR count). The van der Waals surface area contributed by atoms with Crippen molar-refractivity contribution in [2.24, 2.45) is 4.99 Å². The SMILES string of the molecule is CC(C)c1ccc(/N=C/N(C)C)c(C#N)c1. The molecule has 0 atom stereocenters. The molecule has 0 fully saturated rings. The third kappa shape index (κ3) is 3.09. The Labute approximate surface area is 97.0 Å². The number of hydrogen-bond acceptors (Lipinski definition) is 2. The topological polar surface area (TPSA) is 39.4 Å². The summed E-state index contributed by atoms with van der Waals surface area (Å²) in [6, 6.07) is 8.01. The molecule has 0 aliphatic rings. The van der Waals surface area contributed by atoms with Gasteiger partial charge in [-0.3, -0.25) is 0 Å². The van der Waals surface area contributed by atoms with Crippen molar-refractivity contribution in [3.8, 4) is 6.07 Å². The maximum Gasteiger partial charge on any atom is 0.101 e. The van der Waals surface area contributed by atoms with E-state index in [0.717, 1.165) is 5.69 Å². The molecule has 16 heavy (non-hydrogen) atoms. The van der Waals surface area contributed by atoms with Gasteiger partial charge in [0.1, 0.15) is 6.07 Å². The second-order valence-electron chi connectivity index (χ2n) is 4.25. The first-order valence-electron chi connectivity index (χ1n) is 5.29. The Balaban J connectivity index is 3.08. The summed E-state index contributed by atoms with van der Waals surface area (Å²) in [6.07, 6.45) is 1.70. The smallest absolute Gasteiger partial charge is 0.101 e. The van der Waals surface area contributed by atoms with Crippen molar-refractivity contribution in [2.75, 3.05) is 14.1 Å².